The molecule has 178 valence electrons. The number of nitrogens with one attached hydrogen (secondary N) is 1. The van der Waals surface area contributed by atoms with Crippen molar-refractivity contribution in [2.24, 2.45) is 5.10 Å². The first-order chi connectivity index (χ1) is 16.9. The number of hydrogen-bond donors (Lipinski definition) is 1. The van der Waals surface area contributed by atoms with Gasteiger partial charge in [0.05, 0.1) is 18.2 Å². The van der Waals surface area contributed by atoms with Gasteiger partial charge in [-0.15, -0.1) is 0 Å². The Balaban J connectivity index is 1.51. The fraction of sp³-hybridized carbons (Fsp3) is 0.0800. The van der Waals surface area contributed by atoms with Gasteiger partial charge in [-0.2, -0.15) is 5.10 Å². The van der Waals surface area contributed by atoms with Crippen LogP contribution >= 0.6 is 0 Å². The van der Waals surface area contributed by atoms with E-state index in [2.05, 4.69) is 10.5 Å². The molecule has 3 aromatic carbocycles. The Kier molecular flexibility index (Phi) is 8.66. The standard InChI is InChI=1S/C25H21N3O7/c1-33-23-15-19(7-13-22(23)35-25(30)14-8-18-5-3-2-4-6-18)16-26-27-24(29)17-34-21-11-9-20(10-12-21)28(31)32/h2-16H,17H2,1H3,(H,27,29)/b14-8+,26-16+. The monoisotopic (exact) mass is 475 g/mol. The smallest absolute Gasteiger partial charge is 0.336 e. The number of carbonyl (C=O) groups excluding carboxylic acids is 2. The minimum Gasteiger partial charge on any atom is -0.493 e. The number of nitro groups is 1. The molecule has 1 amide bonds. The molecule has 0 aliphatic carbocycles. The van der Waals surface area contributed by atoms with E-state index < -0.39 is 16.8 Å². The summed E-state index contributed by atoms with van der Waals surface area (Å²) in [4.78, 5) is 34.1. The summed E-state index contributed by atoms with van der Waals surface area (Å²) in [5, 5.41) is 14.5. The molecule has 0 aliphatic heterocycles. The van der Waals surface area contributed by atoms with Gasteiger partial charge in [0.1, 0.15) is 5.75 Å². The molecule has 10 heteroatoms. The van der Waals surface area contributed by atoms with Crippen LogP contribution in [0.2, 0.25) is 0 Å². The molecule has 0 unspecified atom stereocenters. The van der Waals surface area contributed by atoms with E-state index in [1.54, 1.807) is 24.3 Å². The maximum atomic E-state index is 12.1. The van der Waals surface area contributed by atoms with Crippen LogP contribution in [-0.2, 0) is 9.59 Å². The highest BCUT2D eigenvalue weighted by Crippen LogP contribution is 2.28. The van der Waals surface area contributed by atoms with Crippen LogP contribution in [0.4, 0.5) is 5.69 Å². The number of amides is 1. The molecule has 0 saturated heterocycles. The number of hydrogen-bond acceptors (Lipinski definition) is 8. The highest BCUT2D eigenvalue weighted by molar-refractivity contribution is 5.89. The molecule has 1 N–H and O–H groups in total. The molecule has 0 aromatic heterocycles. The lowest BCUT2D eigenvalue weighted by Crippen LogP contribution is -2.24. The van der Waals surface area contributed by atoms with Crippen molar-refractivity contribution >= 4 is 29.9 Å². The Bertz CT molecular complexity index is 1240. The van der Waals surface area contributed by atoms with Gasteiger partial charge < -0.3 is 14.2 Å². The second kappa shape index (κ2) is 12.3. The van der Waals surface area contributed by atoms with E-state index >= 15 is 0 Å². The first-order valence-electron chi connectivity index (χ1n) is 10.3. The Morgan fingerprint density at radius 3 is 2.43 bits per heavy atom. The van der Waals surface area contributed by atoms with Crippen LogP contribution in [0.1, 0.15) is 11.1 Å². The van der Waals surface area contributed by atoms with Crippen molar-refractivity contribution in [3.63, 3.8) is 0 Å². The lowest BCUT2D eigenvalue weighted by Gasteiger charge is -2.08. The minimum absolute atomic E-state index is 0.0775. The molecule has 0 heterocycles. The van der Waals surface area contributed by atoms with Crippen molar-refractivity contribution < 1.29 is 28.7 Å². The Labute approximate surface area is 200 Å². The average molecular weight is 475 g/mol. The van der Waals surface area contributed by atoms with Crippen LogP contribution in [-0.4, -0.2) is 36.7 Å². The van der Waals surface area contributed by atoms with E-state index in [1.807, 2.05) is 30.3 Å². The molecular formula is C25H21N3O7. The Morgan fingerprint density at radius 2 is 1.74 bits per heavy atom. The molecule has 0 atom stereocenters. The summed E-state index contributed by atoms with van der Waals surface area (Å²) in [6.07, 6.45) is 4.34. The third kappa shape index (κ3) is 7.82. The number of nitro benzene ring substituents is 1. The lowest BCUT2D eigenvalue weighted by molar-refractivity contribution is -0.384. The lowest BCUT2D eigenvalue weighted by atomic mass is 10.2. The van der Waals surface area contributed by atoms with Gasteiger partial charge in [-0.3, -0.25) is 14.9 Å². The van der Waals surface area contributed by atoms with Crippen LogP contribution in [0.3, 0.4) is 0 Å². The third-order valence-electron chi connectivity index (χ3n) is 4.43. The minimum atomic E-state index is -0.561. The third-order valence-corrected chi connectivity index (χ3v) is 4.43. The zero-order chi connectivity index (χ0) is 25.0. The molecule has 0 radical (unpaired) electrons. The average Bonchev–Trinajstić information content (AvgIpc) is 2.88. The van der Waals surface area contributed by atoms with E-state index in [-0.39, 0.29) is 18.0 Å². The predicted octanol–water partition coefficient (Wildman–Crippen LogP) is 3.75. The number of rotatable bonds is 10. The maximum absolute atomic E-state index is 12.1. The van der Waals surface area contributed by atoms with Gasteiger partial charge in [0.2, 0.25) is 0 Å². The Morgan fingerprint density at radius 1 is 1.00 bits per heavy atom. The van der Waals surface area contributed by atoms with Crippen LogP contribution in [0.5, 0.6) is 17.2 Å². The van der Waals surface area contributed by atoms with E-state index in [9.17, 15) is 19.7 Å². The summed E-state index contributed by atoms with van der Waals surface area (Å²) in [6, 6.07) is 19.4. The van der Waals surface area contributed by atoms with Gasteiger partial charge in [-0.25, -0.2) is 10.2 Å². The number of nitrogens with zero attached hydrogens (tertiary/aromatic N) is 2. The normalized spacial score (nSPS) is 10.8. The number of esters is 1. The van der Waals surface area contributed by atoms with Gasteiger partial charge in [-0.1, -0.05) is 30.3 Å². The summed E-state index contributed by atoms with van der Waals surface area (Å²) in [7, 11) is 1.44. The molecule has 3 rings (SSSR count). The van der Waals surface area contributed by atoms with Crippen molar-refractivity contribution in [1.82, 2.24) is 5.43 Å². The number of methoxy groups -OCH3 is 1. The molecule has 3 aromatic rings. The number of non-ortho nitro benzene ring substituents is 1. The predicted molar refractivity (Wildman–Crippen MR) is 128 cm³/mol. The van der Waals surface area contributed by atoms with Gasteiger partial charge in [-0.05, 0) is 47.5 Å². The van der Waals surface area contributed by atoms with E-state index in [0.717, 1.165) is 5.56 Å². The molecule has 35 heavy (non-hydrogen) atoms. The van der Waals surface area contributed by atoms with Crippen molar-refractivity contribution in [2.45, 2.75) is 0 Å². The van der Waals surface area contributed by atoms with E-state index in [4.69, 9.17) is 14.2 Å². The zero-order valence-electron chi connectivity index (χ0n) is 18.6. The maximum Gasteiger partial charge on any atom is 0.336 e. The number of carbonyl (C=O) groups is 2. The molecular weight excluding hydrogens is 454 g/mol. The molecule has 0 aliphatic rings. The summed E-state index contributed by atoms with van der Waals surface area (Å²) >= 11 is 0. The molecule has 0 bridgehead atoms. The topological polar surface area (TPSA) is 129 Å². The van der Waals surface area contributed by atoms with Crippen molar-refractivity contribution in [3.8, 4) is 17.2 Å². The highest BCUT2D eigenvalue weighted by Gasteiger charge is 2.09. The van der Waals surface area contributed by atoms with Crippen LogP contribution in [0.25, 0.3) is 6.08 Å². The SMILES string of the molecule is COc1cc(/C=N/NC(=O)COc2ccc([N+](=O)[O-])cc2)ccc1OC(=O)/C=C/c1ccccc1. The largest absolute Gasteiger partial charge is 0.493 e. The van der Waals surface area contributed by atoms with Crippen molar-refractivity contribution in [2.75, 3.05) is 13.7 Å². The highest BCUT2D eigenvalue weighted by atomic mass is 16.6. The summed E-state index contributed by atoms with van der Waals surface area (Å²) in [5.74, 6) is -0.240. The Hall–Kier alpha value is -4.99. The van der Waals surface area contributed by atoms with Gasteiger partial charge >= 0.3 is 5.97 Å². The molecule has 0 spiro atoms. The van der Waals surface area contributed by atoms with Crippen LogP contribution in [0, 0.1) is 10.1 Å². The summed E-state index contributed by atoms with van der Waals surface area (Å²) < 4.78 is 15.9. The zero-order valence-corrected chi connectivity index (χ0v) is 18.6. The number of hydrazone groups is 1. The fourth-order valence-corrected chi connectivity index (χ4v) is 2.74. The molecule has 0 saturated carbocycles. The van der Waals surface area contributed by atoms with E-state index in [1.165, 1.54) is 43.7 Å². The first-order valence-corrected chi connectivity index (χ1v) is 10.3. The fourth-order valence-electron chi connectivity index (χ4n) is 2.74. The van der Waals surface area contributed by atoms with Crippen molar-refractivity contribution in [3.05, 3.63) is 100 Å². The van der Waals surface area contributed by atoms with E-state index in [0.29, 0.717) is 17.1 Å². The molecule has 0 fully saturated rings. The van der Waals surface area contributed by atoms with Gasteiger partial charge in [0.15, 0.2) is 18.1 Å². The number of ether oxygens (including phenoxy) is 3. The number of benzene rings is 3. The van der Waals surface area contributed by atoms with Crippen LogP contribution < -0.4 is 19.6 Å². The van der Waals surface area contributed by atoms with Gasteiger partial charge in [0, 0.05) is 18.2 Å². The quantitative estimate of drug-likeness (QED) is 0.118. The van der Waals surface area contributed by atoms with Crippen molar-refractivity contribution in [1.29, 1.82) is 0 Å². The van der Waals surface area contributed by atoms with Crippen LogP contribution in [0.15, 0.2) is 84.0 Å². The second-order valence-electron chi connectivity index (χ2n) is 6.91. The summed E-state index contributed by atoms with van der Waals surface area (Å²) in [5.41, 5.74) is 3.68. The summed E-state index contributed by atoms with van der Waals surface area (Å²) in [6.45, 7) is -0.330. The van der Waals surface area contributed by atoms with Gasteiger partial charge in [0.25, 0.3) is 11.6 Å². The first kappa shape index (κ1) is 24.6. The second-order valence-corrected chi connectivity index (χ2v) is 6.91. The molecule has 10 nitrogen and oxygen atoms in total.